The first-order valence-electron chi connectivity index (χ1n) is 13.7. The van der Waals surface area contributed by atoms with Gasteiger partial charge in [-0.3, -0.25) is 0 Å². The second-order valence-corrected chi connectivity index (χ2v) is 11.2. The SMILES string of the molecule is FC(F)(F)c1cccc(CNC2CC2)c1Cl.O=C(O)C1=C(c2ccc(OCCOc3c(Cl)cc(F)cc3Cl)cc2)CCNC1. The summed E-state index contributed by atoms with van der Waals surface area (Å²) in [6.07, 6.45) is -1.53. The molecule has 0 aromatic heterocycles. The van der Waals surface area contributed by atoms with Crippen molar-refractivity contribution in [3.8, 4) is 11.5 Å². The Kier molecular flexibility index (Phi) is 11.8. The molecule has 0 unspecified atom stereocenters. The Balaban J connectivity index is 0.000000233. The third kappa shape index (κ3) is 9.49. The van der Waals surface area contributed by atoms with Gasteiger partial charge in [0.1, 0.15) is 24.8 Å². The highest BCUT2D eigenvalue weighted by atomic mass is 35.5. The van der Waals surface area contributed by atoms with E-state index in [0.717, 1.165) is 48.7 Å². The van der Waals surface area contributed by atoms with E-state index in [1.807, 2.05) is 12.1 Å². The highest BCUT2D eigenvalue weighted by molar-refractivity contribution is 6.37. The van der Waals surface area contributed by atoms with Crippen LogP contribution in [0.25, 0.3) is 5.57 Å². The molecule has 0 atom stereocenters. The van der Waals surface area contributed by atoms with Crippen molar-refractivity contribution in [2.75, 3.05) is 26.3 Å². The third-order valence-corrected chi connectivity index (χ3v) is 7.79. The molecule has 236 valence electrons. The Morgan fingerprint density at radius 3 is 2.27 bits per heavy atom. The Morgan fingerprint density at radius 1 is 1.00 bits per heavy atom. The van der Waals surface area contributed by atoms with Crippen molar-refractivity contribution >= 4 is 46.3 Å². The van der Waals surface area contributed by atoms with Gasteiger partial charge in [0, 0.05) is 19.1 Å². The van der Waals surface area contributed by atoms with Gasteiger partial charge in [-0.2, -0.15) is 13.2 Å². The fraction of sp³-hybridized carbons (Fsp3) is 0.323. The van der Waals surface area contributed by atoms with Crippen molar-refractivity contribution in [3.05, 3.63) is 97.7 Å². The van der Waals surface area contributed by atoms with Crippen LogP contribution < -0.4 is 20.1 Å². The van der Waals surface area contributed by atoms with E-state index in [0.29, 0.717) is 42.4 Å². The lowest BCUT2D eigenvalue weighted by Gasteiger charge is -2.19. The molecule has 0 bridgehead atoms. The topological polar surface area (TPSA) is 79.8 Å². The van der Waals surface area contributed by atoms with Crippen LogP contribution >= 0.6 is 34.8 Å². The summed E-state index contributed by atoms with van der Waals surface area (Å²) in [5, 5.41) is 15.6. The van der Waals surface area contributed by atoms with E-state index >= 15 is 0 Å². The quantitative estimate of drug-likeness (QED) is 0.149. The number of carboxylic acid groups (broad SMARTS) is 1. The van der Waals surface area contributed by atoms with E-state index in [9.17, 15) is 27.5 Å². The Morgan fingerprint density at radius 2 is 1.66 bits per heavy atom. The van der Waals surface area contributed by atoms with Gasteiger partial charge in [-0.25, -0.2) is 9.18 Å². The van der Waals surface area contributed by atoms with E-state index in [1.165, 1.54) is 6.07 Å². The number of halogens is 7. The summed E-state index contributed by atoms with van der Waals surface area (Å²) in [6, 6.07) is 14.0. The van der Waals surface area contributed by atoms with Gasteiger partial charge >= 0.3 is 12.1 Å². The highest BCUT2D eigenvalue weighted by Gasteiger charge is 2.34. The number of nitrogens with one attached hydrogen (secondary N) is 2. The fourth-order valence-corrected chi connectivity index (χ4v) is 5.28. The van der Waals surface area contributed by atoms with Crippen LogP contribution in [0.5, 0.6) is 11.5 Å². The van der Waals surface area contributed by atoms with Crippen LogP contribution in [0, 0.1) is 5.82 Å². The van der Waals surface area contributed by atoms with Crippen molar-refractivity contribution < 1.29 is 36.9 Å². The molecule has 1 aliphatic heterocycles. The maximum absolute atomic E-state index is 13.2. The third-order valence-electron chi connectivity index (χ3n) is 6.78. The van der Waals surface area contributed by atoms with Crippen molar-refractivity contribution in [2.24, 2.45) is 0 Å². The summed E-state index contributed by atoms with van der Waals surface area (Å²) in [7, 11) is 0. The monoisotopic (exact) mass is 674 g/mol. The van der Waals surface area contributed by atoms with Crippen LogP contribution in [0.15, 0.2) is 60.2 Å². The maximum Gasteiger partial charge on any atom is 0.417 e. The number of aliphatic carboxylic acids is 1. The first-order valence-corrected chi connectivity index (χ1v) is 14.8. The van der Waals surface area contributed by atoms with Crippen LogP contribution in [0.3, 0.4) is 0 Å². The molecule has 3 aromatic carbocycles. The molecule has 1 heterocycles. The number of hydrogen-bond acceptors (Lipinski definition) is 5. The average molecular weight is 676 g/mol. The lowest BCUT2D eigenvalue weighted by atomic mass is 9.94. The first-order chi connectivity index (χ1) is 20.9. The zero-order valence-electron chi connectivity index (χ0n) is 23.2. The molecular weight excluding hydrogens is 647 g/mol. The number of benzene rings is 3. The Bertz CT molecular complexity index is 1470. The molecule has 0 radical (unpaired) electrons. The number of rotatable bonds is 10. The predicted molar refractivity (Wildman–Crippen MR) is 162 cm³/mol. The van der Waals surface area contributed by atoms with Gasteiger partial charge in [-0.1, -0.05) is 59.1 Å². The largest absolute Gasteiger partial charge is 0.490 e. The van der Waals surface area contributed by atoms with Gasteiger partial charge in [0.25, 0.3) is 0 Å². The van der Waals surface area contributed by atoms with Crippen molar-refractivity contribution in [1.29, 1.82) is 0 Å². The van der Waals surface area contributed by atoms with Crippen molar-refractivity contribution in [1.82, 2.24) is 10.6 Å². The standard InChI is InChI=1S/C20H18Cl2FNO4.C11H11ClF3N/c21-17-9-13(23)10-18(22)19(17)28-8-7-27-14-3-1-12(2-4-14)15-5-6-24-11-16(15)20(25)26;12-10-7(6-16-8-4-5-8)2-1-3-9(10)11(13,14)15/h1-4,9-10,24H,5-8,11H2,(H,25,26);1-3,8,16H,4-6H2. The van der Waals surface area contributed by atoms with Crippen molar-refractivity contribution in [2.45, 2.75) is 38.0 Å². The Hall–Kier alpha value is -3.02. The van der Waals surface area contributed by atoms with E-state index in [-0.39, 0.29) is 34.0 Å². The number of ether oxygens (including phenoxy) is 2. The molecule has 0 spiro atoms. The molecule has 0 saturated heterocycles. The lowest BCUT2D eigenvalue weighted by molar-refractivity contribution is -0.137. The van der Waals surface area contributed by atoms with Gasteiger partial charge < -0.3 is 25.2 Å². The van der Waals surface area contributed by atoms with Crippen LogP contribution in [0.1, 0.15) is 36.0 Å². The minimum Gasteiger partial charge on any atom is -0.490 e. The fourth-order valence-electron chi connectivity index (χ4n) is 4.41. The minimum absolute atomic E-state index is 0.0961. The van der Waals surface area contributed by atoms with Crippen LogP contribution in [0.2, 0.25) is 15.1 Å². The molecule has 2 aliphatic rings. The molecule has 1 aliphatic carbocycles. The van der Waals surface area contributed by atoms with E-state index in [2.05, 4.69) is 10.6 Å². The molecule has 5 rings (SSSR count). The van der Waals surface area contributed by atoms with E-state index < -0.39 is 23.5 Å². The highest BCUT2D eigenvalue weighted by Crippen LogP contribution is 2.37. The molecule has 0 amide bonds. The smallest absolute Gasteiger partial charge is 0.417 e. The van der Waals surface area contributed by atoms with E-state index in [1.54, 1.807) is 18.2 Å². The summed E-state index contributed by atoms with van der Waals surface area (Å²) in [5.41, 5.74) is 1.84. The minimum atomic E-state index is -4.38. The molecule has 1 saturated carbocycles. The molecule has 6 nitrogen and oxygen atoms in total. The van der Waals surface area contributed by atoms with Crippen LogP contribution in [-0.4, -0.2) is 43.4 Å². The molecule has 13 heteroatoms. The van der Waals surface area contributed by atoms with Crippen molar-refractivity contribution in [3.63, 3.8) is 0 Å². The van der Waals surface area contributed by atoms with Gasteiger partial charge in [0.2, 0.25) is 0 Å². The number of alkyl halides is 3. The number of carboxylic acids is 1. The van der Waals surface area contributed by atoms with Gasteiger partial charge in [0.15, 0.2) is 5.75 Å². The molecule has 44 heavy (non-hydrogen) atoms. The zero-order chi connectivity index (χ0) is 31.9. The second kappa shape index (κ2) is 15.3. The average Bonchev–Trinajstić information content (AvgIpc) is 3.80. The molecule has 3 N–H and O–H groups in total. The van der Waals surface area contributed by atoms with Crippen LogP contribution in [0.4, 0.5) is 17.6 Å². The summed E-state index contributed by atoms with van der Waals surface area (Å²) in [6.45, 7) is 1.90. The number of hydrogen-bond donors (Lipinski definition) is 3. The lowest BCUT2D eigenvalue weighted by Crippen LogP contribution is -2.28. The first kappa shape index (κ1) is 33.9. The van der Waals surface area contributed by atoms with Gasteiger partial charge in [-0.15, -0.1) is 0 Å². The predicted octanol–water partition coefficient (Wildman–Crippen LogP) is 8.03. The molecular formula is C31H29Cl3F4N2O4. The summed E-state index contributed by atoms with van der Waals surface area (Å²) in [4.78, 5) is 11.4. The van der Waals surface area contributed by atoms with Gasteiger partial charge in [-0.05, 0) is 72.8 Å². The molecule has 3 aromatic rings. The summed E-state index contributed by atoms with van der Waals surface area (Å²) in [5.74, 6) is -0.607. The zero-order valence-corrected chi connectivity index (χ0v) is 25.5. The number of carbonyl (C=O) groups is 1. The maximum atomic E-state index is 13.2. The Labute approximate surface area is 266 Å². The molecule has 1 fully saturated rings. The van der Waals surface area contributed by atoms with E-state index in [4.69, 9.17) is 44.3 Å². The van der Waals surface area contributed by atoms with Gasteiger partial charge in [0.05, 0.1) is 26.2 Å². The summed E-state index contributed by atoms with van der Waals surface area (Å²) < 4.78 is 61.9. The van der Waals surface area contributed by atoms with Crippen LogP contribution in [-0.2, 0) is 17.5 Å². The normalized spacial score (nSPS) is 15.0. The second-order valence-electron chi connectivity index (χ2n) is 10.0. The summed E-state index contributed by atoms with van der Waals surface area (Å²) >= 11 is 17.6.